The number of hydrogen-bond acceptors (Lipinski definition) is 2. The first kappa shape index (κ1) is 12.6. The number of aromatic nitrogens is 2. The van der Waals surface area contributed by atoms with E-state index >= 15 is 0 Å². The predicted molar refractivity (Wildman–Crippen MR) is 71.9 cm³/mol. The molecule has 0 aliphatic rings. The van der Waals surface area contributed by atoms with Crippen molar-refractivity contribution in [2.75, 3.05) is 0 Å². The topological polar surface area (TPSA) is 34.9 Å². The fourth-order valence-corrected chi connectivity index (χ4v) is 2.02. The number of hydrogen-bond donors (Lipinski definition) is 0. The summed E-state index contributed by atoms with van der Waals surface area (Å²) in [6, 6.07) is 5.83. The van der Waals surface area contributed by atoms with Crippen LogP contribution in [-0.2, 0) is 13.5 Å². The predicted octanol–water partition coefficient (Wildman–Crippen LogP) is 2.83. The molecule has 0 aliphatic heterocycles. The van der Waals surface area contributed by atoms with Gasteiger partial charge in [-0.1, -0.05) is 19.1 Å². The van der Waals surface area contributed by atoms with Crippen LogP contribution in [0.25, 0.3) is 0 Å². The Morgan fingerprint density at radius 3 is 2.61 bits per heavy atom. The minimum absolute atomic E-state index is 0.0584. The van der Waals surface area contributed by atoms with Gasteiger partial charge in [-0.25, -0.2) is 0 Å². The van der Waals surface area contributed by atoms with Crippen molar-refractivity contribution >= 4 is 5.78 Å². The highest BCUT2D eigenvalue weighted by atomic mass is 16.1. The lowest BCUT2D eigenvalue weighted by molar-refractivity contribution is 0.103. The van der Waals surface area contributed by atoms with Crippen molar-refractivity contribution in [3.8, 4) is 0 Å². The van der Waals surface area contributed by atoms with Gasteiger partial charge in [0, 0.05) is 18.8 Å². The average molecular weight is 242 g/mol. The van der Waals surface area contributed by atoms with E-state index in [2.05, 4.69) is 5.10 Å². The Balaban J connectivity index is 2.44. The molecule has 3 nitrogen and oxygen atoms in total. The maximum absolute atomic E-state index is 12.4. The minimum atomic E-state index is 0.0584. The molecule has 18 heavy (non-hydrogen) atoms. The lowest BCUT2D eigenvalue weighted by Gasteiger charge is -2.04. The van der Waals surface area contributed by atoms with Gasteiger partial charge < -0.3 is 0 Å². The van der Waals surface area contributed by atoms with E-state index in [-0.39, 0.29) is 5.78 Å². The highest BCUT2D eigenvalue weighted by Crippen LogP contribution is 2.16. The highest BCUT2D eigenvalue weighted by Gasteiger charge is 2.16. The second kappa shape index (κ2) is 4.77. The maximum Gasteiger partial charge on any atom is 0.196 e. The Morgan fingerprint density at radius 2 is 2.00 bits per heavy atom. The molecule has 0 saturated heterocycles. The normalized spacial score (nSPS) is 10.7. The molecule has 0 radical (unpaired) electrons. The number of nitrogens with zero attached hydrogens (tertiary/aromatic N) is 2. The molecule has 0 aliphatic carbocycles. The summed E-state index contributed by atoms with van der Waals surface area (Å²) >= 11 is 0. The first-order valence-corrected chi connectivity index (χ1v) is 6.17. The molecule has 0 fully saturated rings. The molecule has 2 rings (SSSR count). The van der Waals surface area contributed by atoms with Crippen molar-refractivity contribution in [3.63, 3.8) is 0 Å². The van der Waals surface area contributed by atoms with E-state index in [1.54, 1.807) is 10.9 Å². The van der Waals surface area contributed by atoms with Gasteiger partial charge in [0.05, 0.1) is 11.3 Å². The Hall–Kier alpha value is -1.90. The lowest BCUT2D eigenvalue weighted by Crippen LogP contribution is -2.04. The SMILES string of the molecule is CCc1nn(C)cc1C(=O)c1ccc(C)c(C)c1. The number of carbonyl (C=O) groups is 1. The van der Waals surface area contributed by atoms with E-state index in [1.165, 1.54) is 5.56 Å². The van der Waals surface area contributed by atoms with Crippen LogP contribution in [0, 0.1) is 13.8 Å². The monoisotopic (exact) mass is 242 g/mol. The summed E-state index contributed by atoms with van der Waals surface area (Å²) in [5.74, 6) is 0.0584. The van der Waals surface area contributed by atoms with E-state index in [4.69, 9.17) is 0 Å². The average Bonchev–Trinajstić information content (AvgIpc) is 2.73. The molecule has 0 saturated carbocycles. The Morgan fingerprint density at radius 1 is 1.28 bits per heavy atom. The molecule has 0 unspecified atom stereocenters. The van der Waals surface area contributed by atoms with Gasteiger partial charge in [-0.05, 0) is 37.5 Å². The number of carbonyl (C=O) groups excluding carboxylic acids is 1. The largest absolute Gasteiger partial charge is 0.288 e. The molecular formula is C15H18N2O. The van der Waals surface area contributed by atoms with Crippen LogP contribution in [0.5, 0.6) is 0 Å². The summed E-state index contributed by atoms with van der Waals surface area (Å²) in [5.41, 5.74) is 4.65. The van der Waals surface area contributed by atoms with Gasteiger partial charge in [0.15, 0.2) is 5.78 Å². The van der Waals surface area contributed by atoms with Gasteiger partial charge in [-0.2, -0.15) is 5.10 Å². The van der Waals surface area contributed by atoms with Crippen LogP contribution >= 0.6 is 0 Å². The van der Waals surface area contributed by atoms with Crippen LogP contribution in [0.15, 0.2) is 24.4 Å². The smallest absolute Gasteiger partial charge is 0.196 e. The van der Waals surface area contributed by atoms with Crippen molar-refractivity contribution < 1.29 is 4.79 Å². The van der Waals surface area contributed by atoms with Crippen molar-refractivity contribution in [1.29, 1.82) is 0 Å². The van der Waals surface area contributed by atoms with Gasteiger partial charge in [0.25, 0.3) is 0 Å². The van der Waals surface area contributed by atoms with Crippen molar-refractivity contribution in [2.24, 2.45) is 7.05 Å². The van der Waals surface area contributed by atoms with E-state index in [9.17, 15) is 4.79 Å². The zero-order chi connectivity index (χ0) is 13.3. The standard InChI is InChI=1S/C15H18N2O/c1-5-14-13(9-17(4)16-14)15(18)12-7-6-10(2)11(3)8-12/h6-9H,5H2,1-4H3. The molecular weight excluding hydrogens is 224 g/mol. The fraction of sp³-hybridized carbons (Fsp3) is 0.333. The second-order valence-electron chi connectivity index (χ2n) is 4.64. The van der Waals surface area contributed by atoms with E-state index in [1.807, 2.05) is 46.0 Å². The third kappa shape index (κ3) is 2.21. The molecule has 3 heteroatoms. The summed E-state index contributed by atoms with van der Waals surface area (Å²) in [4.78, 5) is 12.4. The minimum Gasteiger partial charge on any atom is -0.288 e. The Kier molecular flexibility index (Phi) is 3.32. The van der Waals surface area contributed by atoms with E-state index in [0.29, 0.717) is 5.56 Å². The van der Waals surface area contributed by atoms with E-state index in [0.717, 1.165) is 23.2 Å². The van der Waals surface area contributed by atoms with Crippen LogP contribution in [0.1, 0.15) is 39.7 Å². The number of ketones is 1. The fourth-order valence-electron chi connectivity index (χ4n) is 2.02. The Bertz CT molecular complexity index is 597. The molecule has 0 amide bonds. The van der Waals surface area contributed by atoms with Crippen LogP contribution in [0.4, 0.5) is 0 Å². The zero-order valence-electron chi connectivity index (χ0n) is 11.3. The van der Waals surface area contributed by atoms with Crippen molar-refractivity contribution in [2.45, 2.75) is 27.2 Å². The molecule has 0 atom stereocenters. The second-order valence-corrected chi connectivity index (χ2v) is 4.64. The van der Waals surface area contributed by atoms with E-state index < -0.39 is 0 Å². The van der Waals surface area contributed by atoms with Gasteiger partial charge >= 0.3 is 0 Å². The highest BCUT2D eigenvalue weighted by molar-refractivity contribution is 6.09. The van der Waals surface area contributed by atoms with Crippen molar-refractivity contribution in [3.05, 3.63) is 52.3 Å². The van der Waals surface area contributed by atoms with Crippen LogP contribution in [0.3, 0.4) is 0 Å². The summed E-state index contributed by atoms with van der Waals surface area (Å²) in [6.07, 6.45) is 2.57. The first-order valence-electron chi connectivity index (χ1n) is 6.17. The third-order valence-electron chi connectivity index (χ3n) is 3.25. The maximum atomic E-state index is 12.4. The molecule has 0 spiro atoms. The molecule has 1 aromatic heterocycles. The molecule has 2 aromatic rings. The van der Waals surface area contributed by atoms with Crippen LogP contribution < -0.4 is 0 Å². The van der Waals surface area contributed by atoms with Crippen LogP contribution in [-0.4, -0.2) is 15.6 Å². The summed E-state index contributed by atoms with van der Waals surface area (Å²) in [6.45, 7) is 6.08. The zero-order valence-corrected chi connectivity index (χ0v) is 11.3. The van der Waals surface area contributed by atoms with Gasteiger partial charge in [-0.3, -0.25) is 9.48 Å². The number of benzene rings is 1. The molecule has 94 valence electrons. The number of rotatable bonds is 3. The van der Waals surface area contributed by atoms with Gasteiger partial charge in [0.1, 0.15) is 0 Å². The van der Waals surface area contributed by atoms with Gasteiger partial charge in [0.2, 0.25) is 0 Å². The molecule has 0 bridgehead atoms. The summed E-state index contributed by atoms with van der Waals surface area (Å²) < 4.78 is 1.70. The quantitative estimate of drug-likeness (QED) is 0.776. The van der Waals surface area contributed by atoms with Crippen molar-refractivity contribution in [1.82, 2.24) is 9.78 Å². The summed E-state index contributed by atoms with van der Waals surface area (Å²) in [7, 11) is 1.84. The molecule has 1 aromatic carbocycles. The lowest BCUT2D eigenvalue weighted by atomic mass is 9.99. The van der Waals surface area contributed by atoms with Crippen LogP contribution in [0.2, 0.25) is 0 Å². The number of aryl methyl sites for hydroxylation is 4. The molecule has 1 heterocycles. The molecule has 0 N–H and O–H groups in total. The van der Waals surface area contributed by atoms with Gasteiger partial charge in [-0.15, -0.1) is 0 Å². The Labute approximate surface area is 107 Å². The first-order chi connectivity index (χ1) is 8.52. The third-order valence-corrected chi connectivity index (χ3v) is 3.25. The summed E-state index contributed by atoms with van der Waals surface area (Å²) in [5, 5.41) is 4.31.